The van der Waals surface area contributed by atoms with Crippen molar-refractivity contribution in [3.8, 4) is 10.7 Å². The zero-order valence-electron chi connectivity index (χ0n) is 10.5. The molecule has 3 rings (SSSR count). The van der Waals surface area contributed by atoms with E-state index in [1.54, 1.807) is 11.3 Å². The van der Waals surface area contributed by atoms with Gasteiger partial charge in [-0.25, -0.2) is 9.97 Å². The lowest BCUT2D eigenvalue weighted by atomic mass is 9.91. The number of likely N-dealkylation sites (N-methyl/N-ethyl adjacent to an activating group) is 1. The van der Waals surface area contributed by atoms with E-state index in [-0.39, 0.29) is 0 Å². The van der Waals surface area contributed by atoms with Gasteiger partial charge in [-0.15, -0.1) is 22.7 Å². The monoisotopic (exact) mass is 279 g/mol. The van der Waals surface area contributed by atoms with Crippen LogP contribution in [0, 0.1) is 0 Å². The summed E-state index contributed by atoms with van der Waals surface area (Å²) in [4.78, 5) is 10.7. The summed E-state index contributed by atoms with van der Waals surface area (Å²) >= 11 is 3.47. The molecular weight excluding hydrogens is 262 g/mol. The van der Waals surface area contributed by atoms with Crippen LogP contribution in [0.15, 0.2) is 10.9 Å². The maximum absolute atomic E-state index is 4.85. The maximum Gasteiger partial charge on any atom is 0.143 e. The smallest absolute Gasteiger partial charge is 0.143 e. The number of hydrogen-bond donors (Lipinski definition) is 1. The minimum absolute atomic E-state index is 0.595. The molecule has 2 aromatic heterocycles. The molecule has 5 heteroatoms. The van der Waals surface area contributed by atoms with Gasteiger partial charge in [-0.1, -0.05) is 6.92 Å². The molecule has 3 nitrogen and oxygen atoms in total. The number of nitrogens with one attached hydrogen (secondary N) is 1. The van der Waals surface area contributed by atoms with E-state index >= 15 is 0 Å². The molecule has 0 saturated carbocycles. The molecule has 0 radical (unpaired) electrons. The quantitative estimate of drug-likeness (QED) is 0.933. The first kappa shape index (κ1) is 12.3. The second-order valence-electron chi connectivity index (χ2n) is 4.60. The molecule has 0 aliphatic heterocycles. The molecule has 1 unspecified atom stereocenters. The lowest BCUT2D eigenvalue weighted by Crippen LogP contribution is -2.23. The Morgan fingerprint density at radius 1 is 1.50 bits per heavy atom. The molecule has 2 aromatic rings. The van der Waals surface area contributed by atoms with Crippen LogP contribution >= 0.6 is 22.7 Å². The standard InChI is InChI=1S/C13H17N3S2/c1-2-14-6-9-4-3-5-11-12(9)16-13(18-11)10-7-17-8-15-10/h7-9,14H,2-6H2,1H3. The van der Waals surface area contributed by atoms with Crippen LogP contribution in [0.3, 0.4) is 0 Å². The highest BCUT2D eigenvalue weighted by molar-refractivity contribution is 7.15. The Morgan fingerprint density at radius 3 is 3.22 bits per heavy atom. The van der Waals surface area contributed by atoms with Crippen LogP contribution in [0.1, 0.15) is 36.3 Å². The highest BCUT2D eigenvalue weighted by Crippen LogP contribution is 2.37. The Labute approximate surface area is 115 Å². The largest absolute Gasteiger partial charge is 0.316 e. The minimum atomic E-state index is 0.595. The van der Waals surface area contributed by atoms with Crippen LogP contribution in [0.5, 0.6) is 0 Å². The second-order valence-corrected chi connectivity index (χ2v) is 6.40. The Bertz CT molecular complexity index is 504. The molecule has 2 heterocycles. The van der Waals surface area contributed by atoms with Crippen LogP contribution < -0.4 is 5.32 Å². The number of fused-ring (bicyclic) bond motifs is 1. The van der Waals surface area contributed by atoms with Crippen molar-refractivity contribution in [1.29, 1.82) is 0 Å². The van der Waals surface area contributed by atoms with Crippen LogP contribution in [0.25, 0.3) is 10.7 Å². The molecule has 96 valence electrons. The Balaban J connectivity index is 1.88. The highest BCUT2D eigenvalue weighted by Gasteiger charge is 2.25. The van der Waals surface area contributed by atoms with E-state index in [9.17, 15) is 0 Å². The summed E-state index contributed by atoms with van der Waals surface area (Å²) in [6, 6.07) is 0. The highest BCUT2D eigenvalue weighted by atomic mass is 32.1. The third-order valence-electron chi connectivity index (χ3n) is 3.36. The van der Waals surface area contributed by atoms with E-state index in [0.717, 1.165) is 23.8 Å². The Morgan fingerprint density at radius 2 is 2.44 bits per heavy atom. The van der Waals surface area contributed by atoms with Crippen molar-refractivity contribution in [2.24, 2.45) is 0 Å². The van der Waals surface area contributed by atoms with Crippen molar-refractivity contribution < 1.29 is 0 Å². The van der Waals surface area contributed by atoms with Crippen molar-refractivity contribution in [3.63, 3.8) is 0 Å². The van der Waals surface area contributed by atoms with E-state index in [4.69, 9.17) is 4.98 Å². The average Bonchev–Trinajstić information content (AvgIpc) is 3.03. The number of nitrogens with zero attached hydrogens (tertiary/aromatic N) is 2. The summed E-state index contributed by atoms with van der Waals surface area (Å²) < 4.78 is 0. The average molecular weight is 279 g/mol. The van der Waals surface area contributed by atoms with Crippen molar-refractivity contribution in [1.82, 2.24) is 15.3 Å². The predicted octanol–water partition coefficient (Wildman–Crippen LogP) is 3.30. The van der Waals surface area contributed by atoms with E-state index < -0.39 is 0 Å². The maximum atomic E-state index is 4.85. The minimum Gasteiger partial charge on any atom is -0.316 e. The topological polar surface area (TPSA) is 37.8 Å². The summed E-state index contributed by atoms with van der Waals surface area (Å²) in [5.41, 5.74) is 4.25. The first-order chi connectivity index (χ1) is 8.88. The number of aromatic nitrogens is 2. The fourth-order valence-electron chi connectivity index (χ4n) is 2.45. The van der Waals surface area contributed by atoms with Gasteiger partial charge in [-0.3, -0.25) is 0 Å². The molecule has 1 aliphatic rings. The third kappa shape index (κ3) is 2.35. The van der Waals surface area contributed by atoms with E-state index in [0.29, 0.717) is 5.92 Å². The fraction of sp³-hybridized carbons (Fsp3) is 0.538. The number of aryl methyl sites for hydroxylation is 1. The predicted molar refractivity (Wildman–Crippen MR) is 77.4 cm³/mol. The molecule has 0 spiro atoms. The summed E-state index contributed by atoms with van der Waals surface area (Å²) in [6.07, 6.45) is 3.75. The SMILES string of the molecule is CCNCC1CCCc2sc(-c3cscn3)nc21. The molecule has 1 atom stereocenters. The zero-order valence-corrected chi connectivity index (χ0v) is 12.1. The van der Waals surface area contributed by atoms with E-state index in [1.807, 2.05) is 16.8 Å². The Hall–Kier alpha value is -0.780. The van der Waals surface area contributed by atoms with Gasteiger partial charge in [-0.2, -0.15) is 0 Å². The number of rotatable bonds is 4. The first-order valence-corrected chi connectivity index (χ1v) is 8.23. The van der Waals surface area contributed by atoms with Gasteiger partial charge in [0.1, 0.15) is 10.7 Å². The van der Waals surface area contributed by atoms with Gasteiger partial charge in [0, 0.05) is 22.7 Å². The summed E-state index contributed by atoms with van der Waals surface area (Å²) in [5, 5.41) is 6.64. The van der Waals surface area contributed by atoms with Gasteiger partial charge < -0.3 is 5.32 Å². The lowest BCUT2D eigenvalue weighted by Gasteiger charge is -2.21. The Kier molecular flexibility index (Phi) is 3.72. The van der Waals surface area contributed by atoms with Crippen molar-refractivity contribution in [2.45, 2.75) is 32.1 Å². The van der Waals surface area contributed by atoms with Gasteiger partial charge in [0.25, 0.3) is 0 Å². The van der Waals surface area contributed by atoms with Gasteiger partial charge >= 0.3 is 0 Å². The summed E-state index contributed by atoms with van der Waals surface area (Å²) in [7, 11) is 0. The van der Waals surface area contributed by atoms with E-state index in [2.05, 4.69) is 22.6 Å². The number of hydrogen-bond acceptors (Lipinski definition) is 5. The van der Waals surface area contributed by atoms with Crippen molar-refractivity contribution in [3.05, 3.63) is 21.5 Å². The van der Waals surface area contributed by atoms with Gasteiger partial charge in [0.05, 0.1) is 11.2 Å². The normalized spacial score (nSPS) is 18.8. The molecule has 0 fully saturated rings. The molecule has 1 N–H and O–H groups in total. The van der Waals surface area contributed by atoms with Crippen molar-refractivity contribution >= 4 is 22.7 Å². The number of thiazole rings is 2. The second kappa shape index (κ2) is 5.47. The van der Waals surface area contributed by atoms with Crippen molar-refractivity contribution in [2.75, 3.05) is 13.1 Å². The van der Waals surface area contributed by atoms with Crippen LogP contribution in [-0.2, 0) is 6.42 Å². The molecule has 0 amide bonds. The molecule has 18 heavy (non-hydrogen) atoms. The van der Waals surface area contributed by atoms with Crippen LogP contribution in [-0.4, -0.2) is 23.1 Å². The lowest BCUT2D eigenvalue weighted by molar-refractivity contribution is 0.509. The van der Waals surface area contributed by atoms with E-state index in [1.165, 1.54) is 29.8 Å². The molecule has 0 aromatic carbocycles. The van der Waals surface area contributed by atoms with Crippen LogP contribution in [0.2, 0.25) is 0 Å². The molecule has 0 bridgehead atoms. The summed E-state index contributed by atoms with van der Waals surface area (Å²) in [6.45, 7) is 4.25. The molecular formula is C13H17N3S2. The fourth-order valence-corrected chi connectivity index (χ4v) is 4.22. The molecule has 1 aliphatic carbocycles. The van der Waals surface area contributed by atoms with Gasteiger partial charge in [0.2, 0.25) is 0 Å². The first-order valence-electron chi connectivity index (χ1n) is 6.47. The zero-order chi connectivity index (χ0) is 12.4. The molecule has 0 saturated heterocycles. The van der Waals surface area contributed by atoms with Gasteiger partial charge in [-0.05, 0) is 25.8 Å². The third-order valence-corrected chi connectivity index (χ3v) is 5.10. The summed E-state index contributed by atoms with van der Waals surface area (Å²) in [5.74, 6) is 0.595. The van der Waals surface area contributed by atoms with Gasteiger partial charge in [0.15, 0.2) is 0 Å². The van der Waals surface area contributed by atoms with Crippen LogP contribution in [0.4, 0.5) is 0 Å².